The third kappa shape index (κ3) is 4.73. The lowest BCUT2D eigenvalue weighted by molar-refractivity contribution is -0.128. The Bertz CT molecular complexity index is 1540. The number of nitrogens with zero attached hydrogens (tertiary/aromatic N) is 9. The lowest BCUT2D eigenvalue weighted by Gasteiger charge is -2.36. The van der Waals surface area contributed by atoms with Gasteiger partial charge in [-0.1, -0.05) is 16.8 Å². The summed E-state index contributed by atoms with van der Waals surface area (Å²) in [6.45, 7) is 3.69. The largest absolute Gasteiger partial charge is 0.473 e. The second kappa shape index (κ2) is 10.5. The number of imidazole rings is 1. The van der Waals surface area contributed by atoms with Crippen LogP contribution in [0.1, 0.15) is 75.3 Å². The van der Waals surface area contributed by atoms with Gasteiger partial charge in [-0.25, -0.2) is 14.6 Å². The van der Waals surface area contributed by atoms with E-state index < -0.39 is 5.41 Å². The summed E-state index contributed by atoms with van der Waals surface area (Å²) in [7, 11) is 2.13. The van der Waals surface area contributed by atoms with E-state index in [0.29, 0.717) is 48.0 Å². The number of ketones is 1. The van der Waals surface area contributed by atoms with Gasteiger partial charge in [-0.3, -0.25) is 9.69 Å². The SMILES string of the molecule is C[C@H](Oc1cc(-n2cc(Cn3ccnc3)nn2)nc(-c2noc3c2CCC[C@@]32CCCCC2=O)n1)[C@@H]1CCCN1C. The van der Waals surface area contributed by atoms with Crippen LogP contribution in [-0.4, -0.2) is 76.1 Å². The molecule has 41 heavy (non-hydrogen) atoms. The molecule has 1 spiro atoms. The van der Waals surface area contributed by atoms with Gasteiger partial charge in [0.25, 0.3) is 0 Å². The Labute approximate surface area is 238 Å². The van der Waals surface area contributed by atoms with Crippen molar-refractivity contribution in [1.29, 1.82) is 0 Å². The van der Waals surface area contributed by atoms with Gasteiger partial charge in [-0.2, -0.15) is 4.98 Å². The van der Waals surface area contributed by atoms with Crippen molar-refractivity contribution in [3.05, 3.63) is 48.0 Å². The minimum atomic E-state index is -0.566. The summed E-state index contributed by atoms with van der Waals surface area (Å²) in [5.41, 5.74) is 1.72. The molecule has 5 heterocycles. The van der Waals surface area contributed by atoms with E-state index >= 15 is 0 Å². The highest BCUT2D eigenvalue weighted by atomic mass is 16.5. The molecule has 7 rings (SSSR count). The molecular formula is C29H35N9O3. The maximum absolute atomic E-state index is 13.2. The number of rotatable bonds is 7. The molecule has 0 bridgehead atoms. The summed E-state index contributed by atoms with van der Waals surface area (Å²) < 4.78 is 16.0. The smallest absolute Gasteiger partial charge is 0.219 e. The van der Waals surface area contributed by atoms with E-state index in [0.717, 1.165) is 69.2 Å². The number of Topliss-reactive ketones (excluding diaryl/α,β-unsaturated/α-hetero) is 1. The monoisotopic (exact) mass is 557 g/mol. The lowest BCUT2D eigenvalue weighted by Crippen LogP contribution is -2.41. The fraction of sp³-hybridized carbons (Fsp3) is 0.552. The first-order valence-corrected chi connectivity index (χ1v) is 14.7. The number of hydrogen-bond acceptors (Lipinski definition) is 10. The molecule has 3 aliphatic rings. The predicted molar refractivity (Wildman–Crippen MR) is 148 cm³/mol. The zero-order valence-corrected chi connectivity index (χ0v) is 23.6. The van der Waals surface area contributed by atoms with E-state index in [1.165, 1.54) is 0 Å². The van der Waals surface area contributed by atoms with Crippen LogP contribution in [0.15, 0.2) is 35.5 Å². The van der Waals surface area contributed by atoms with E-state index in [1.54, 1.807) is 23.3 Å². The summed E-state index contributed by atoms with van der Waals surface area (Å²) in [6, 6.07) is 2.10. The first-order chi connectivity index (χ1) is 20.0. The Hall–Kier alpha value is -3.93. The number of aromatic nitrogens is 8. The quantitative estimate of drug-likeness (QED) is 0.333. The number of carbonyl (C=O) groups is 1. The van der Waals surface area contributed by atoms with Crippen LogP contribution in [-0.2, 0) is 23.2 Å². The van der Waals surface area contributed by atoms with Crippen LogP contribution in [0.4, 0.5) is 0 Å². The van der Waals surface area contributed by atoms with Crippen molar-refractivity contribution >= 4 is 5.78 Å². The Morgan fingerprint density at radius 2 is 2.07 bits per heavy atom. The minimum absolute atomic E-state index is 0.0694. The van der Waals surface area contributed by atoms with E-state index in [1.807, 2.05) is 17.0 Å². The molecule has 12 nitrogen and oxygen atoms in total. The molecule has 3 atom stereocenters. The maximum atomic E-state index is 13.2. The number of carbonyl (C=O) groups excluding carboxylic acids is 1. The second-order valence-corrected chi connectivity index (χ2v) is 11.7. The molecular weight excluding hydrogens is 522 g/mol. The third-order valence-electron chi connectivity index (χ3n) is 9.05. The standard InChI is InChI=1S/C29H35N9O3/c1-19(22-8-6-13-36(22)2)40-25-15-24(38-17-20(33-35-38)16-37-14-12-30-18-37)31-28(32-25)26-21-7-5-11-29(27(21)41-34-26)10-4-3-9-23(29)39/h12,14-15,17-19,22H,3-11,13,16H2,1-2H3/t19-,22-,29+/m0/s1. The number of likely N-dealkylation sites (N-methyl/N-ethyl adjacent to an activating group) is 1. The van der Waals surface area contributed by atoms with Crippen molar-refractivity contribution in [3.8, 4) is 23.2 Å². The Morgan fingerprint density at radius 3 is 2.88 bits per heavy atom. The van der Waals surface area contributed by atoms with Crippen molar-refractivity contribution in [2.24, 2.45) is 0 Å². The van der Waals surface area contributed by atoms with Crippen molar-refractivity contribution in [2.45, 2.75) is 88.8 Å². The Kier molecular flexibility index (Phi) is 6.64. The van der Waals surface area contributed by atoms with Gasteiger partial charge in [0, 0.05) is 36.5 Å². The molecule has 1 aliphatic heterocycles. The van der Waals surface area contributed by atoms with Crippen LogP contribution in [0.3, 0.4) is 0 Å². The molecule has 0 aromatic carbocycles. The molecule has 0 amide bonds. The average molecular weight is 558 g/mol. The van der Waals surface area contributed by atoms with Gasteiger partial charge in [0.15, 0.2) is 23.1 Å². The van der Waals surface area contributed by atoms with Crippen LogP contribution in [0.25, 0.3) is 17.3 Å². The highest BCUT2D eigenvalue weighted by Gasteiger charge is 2.48. The number of fused-ring (bicyclic) bond motifs is 2. The molecule has 1 saturated heterocycles. The predicted octanol–water partition coefficient (Wildman–Crippen LogP) is 3.54. The van der Waals surface area contributed by atoms with Gasteiger partial charge < -0.3 is 13.8 Å². The molecule has 1 saturated carbocycles. The fourth-order valence-electron chi connectivity index (χ4n) is 6.91. The average Bonchev–Trinajstić information content (AvgIpc) is 3.79. The van der Waals surface area contributed by atoms with Crippen LogP contribution in [0, 0.1) is 0 Å². The summed E-state index contributed by atoms with van der Waals surface area (Å²) in [5, 5.41) is 13.2. The van der Waals surface area contributed by atoms with E-state index in [2.05, 4.69) is 39.3 Å². The van der Waals surface area contributed by atoms with Crippen molar-refractivity contribution in [2.75, 3.05) is 13.6 Å². The van der Waals surface area contributed by atoms with Crippen molar-refractivity contribution in [1.82, 2.24) is 44.6 Å². The zero-order valence-electron chi connectivity index (χ0n) is 23.6. The number of hydrogen-bond donors (Lipinski definition) is 0. The molecule has 2 aliphatic carbocycles. The molecule has 0 unspecified atom stereocenters. The van der Waals surface area contributed by atoms with Gasteiger partial charge in [-0.15, -0.1) is 5.10 Å². The fourth-order valence-corrected chi connectivity index (χ4v) is 6.91. The first-order valence-electron chi connectivity index (χ1n) is 14.7. The minimum Gasteiger partial charge on any atom is -0.473 e. The molecule has 4 aromatic heterocycles. The van der Waals surface area contributed by atoms with Gasteiger partial charge in [0.2, 0.25) is 5.88 Å². The Balaban J connectivity index is 1.27. The highest BCUT2D eigenvalue weighted by molar-refractivity contribution is 5.91. The van der Waals surface area contributed by atoms with Crippen LogP contribution < -0.4 is 4.74 Å². The summed E-state index contributed by atoms with van der Waals surface area (Å²) in [6.07, 6.45) is 15.2. The van der Waals surface area contributed by atoms with Crippen LogP contribution in [0.5, 0.6) is 5.88 Å². The number of ether oxygens (including phenoxy) is 1. The molecule has 2 fully saturated rings. The molecule has 0 N–H and O–H groups in total. The Morgan fingerprint density at radius 1 is 1.17 bits per heavy atom. The van der Waals surface area contributed by atoms with Crippen LogP contribution >= 0.6 is 0 Å². The maximum Gasteiger partial charge on any atom is 0.219 e. The van der Waals surface area contributed by atoms with E-state index in [9.17, 15) is 4.79 Å². The number of likely N-dealkylation sites (tertiary alicyclic amines) is 1. The van der Waals surface area contributed by atoms with E-state index in [4.69, 9.17) is 19.2 Å². The highest BCUT2D eigenvalue weighted by Crippen LogP contribution is 2.47. The second-order valence-electron chi connectivity index (χ2n) is 11.7. The van der Waals surface area contributed by atoms with Gasteiger partial charge >= 0.3 is 0 Å². The molecule has 214 valence electrons. The van der Waals surface area contributed by atoms with Crippen LogP contribution in [0.2, 0.25) is 0 Å². The topological polar surface area (TPSA) is 130 Å². The van der Waals surface area contributed by atoms with Gasteiger partial charge in [-0.05, 0) is 65.5 Å². The van der Waals surface area contributed by atoms with Gasteiger partial charge in [0.1, 0.15) is 17.6 Å². The van der Waals surface area contributed by atoms with Crippen molar-refractivity contribution in [3.63, 3.8) is 0 Å². The van der Waals surface area contributed by atoms with Gasteiger partial charge in [0.05, 0.1) is 24.5 Å². The molecule has 0 radical (unpaired) electrons. The van der Waals surface area contributed by atoms with Crippen molar-refractivity contribution < 1.29 is 14.1 Å². The third-order valence-corrected chi connectivity index (χ3v) is 9.05. The zero-order chi connectivity index (χ0) is 28.0. The lowest BCUT2D eigenvalue weighted by atomic mass is 9.64. The first kappa shape index (κ1) is 26.0. The molecule has 4 aromatic rings. The molecule has 12 heteroatoms. The summed E-state index contributed by atoms with van der Waals surface area (Å²) in [4.78, 5) is 29.3. The van der Waals surface area contributed by atoms with E-state index in [-0.39, 0.29) is 11.9 Å². The summed E-state index contributed by atoms with van der Waals surface area (Å²) >= 11 is 0. The normalized spacial score (nSPS) is 23.7. The summed E-state index contributed by atoms with van der Waals surface area (Å²) in [5.74, 6) is 2.36.